The third-order valence-corrected chi connectivity index (χ3v) is 2.84. The fourth-order valence-corrected chi connectivity index (χ4v) is 2.17. The van der Waals surface area contributed by atoms with Gasteiger partial charge in [-0.2, -0.15) is 0 Å². The Hall–Kier alpha value is -0.0800. The van der Waals surface area contributed by atoms with Crippen molar-refractivity contribution >= 4 is 0 Å². The van der Waals surface area contributed by atoms with Gasteiger partial charge in [0.1, 0.15) is 0 Å². The molecule has 1 unspecified atom stereocenters. The topological polar surface area (TPSA) is 46.2 Å². The molecule has 0 spiro atoms. The molecule has 3 atom stereocenters. The van der Waals surface area contributed by atoms with E-state index in [0.717, 1.165) is 19.3 Å². The van der Waals surface area contributed by atoms with E-state index in [1.807, 2.05) is 0 Å². The van der Waals surface area contributed by atoms with Crippen molar-refractivity contribution in [2.45, 2.75) is 51.7 Å². The van der Waals surface area contributed by atoms with Crippen LogP contribution >= 0.6 is 0 Å². The summed E-state index contributed by atoms with van der Waals surface area (Å²) in [4.78, 5) is 0. The van der Waals surface area contributed by atoms with Gasteiger partial charge in [0.05, 0.1) is 6.10 Å². The molecule has 0 heterocycles. The maximum Gasteiger partial charge on any atom is 0.0693 e. The minimum atomic E-state index is -0.248. The summed E-state index contributed by atoms with van der Waals surface area (Å²) in [5.41, 5.74) is 5.92. The highest BCUT2D eigenvalue weighted by atomic mass is 16.3. The second kappa shape index (κ2) is 4.24. The zero-order valence-electron chi connectivity index (χ0n) is 8.16. The summed E-state index contributed by atoms with van der Waals surface area (Å²) in [5, 5.41) is 9.54. The van der Waals surface area contributed by atoms with Crippen LogP contribution in [0, 0.1) is 11.8 Å². The number of hydrogen-bond donors (Lipinski definition) is 2. The molecule has 2 nitrogen and oxygen atoms in total. The summed E-state index contributed by atoms with van der Waals surface area (Å²) in [7, 11) is 0. The molecule has 1 fully saturated rings. The second-order valence-corrected chi connectivity index (χ2v) is 4.47. The third-order valence-electron chi connectivity index (χ3n) is 2.84. The first-order valence-electron chi connectivity index (χ1n) is 5.05. The van der Waals surface area contributed by atoms with Crippen molar-refractivity contribution in [1.29, 1.82) is 0 Å². The Labute approximate surface area is 75.2 Å². The molecule has 0 amide bonds. The van der Waals surface area contributed by atoms with E-state index in [9.17, 15) is 5.11 Å². The minimum Gasteiger partial charge on any atom is -0.392 e. The number of nitrogens with two attached hydrogens (primary N) is 1. The molecule has 0 bridgehead atoms. The van der Waals surface area contributed by atoms with Crippen molar-refractivity contribution in [3.8, 4) is 0 Å². The van der Waals surface area contributed by atoms with Crippen LogP contribution in [-0.4, -0.2) is 17.3 Å². The zero-order valence-corrected chi connectivity index (χ0v) is 8.16. The number of rotatable bonds is 2. The van der Waals surface area contributed by atoms with Crippen molar-refractivity contribution < 1.29 is 5.11 Å². The summed E-state index contributed by atoms with van der Waals surface area (Å²) in [6.45, 7) is 4.43. The second-order valence-electron chi connectivity index (χ2n) is 4.47. The molecule has 2 heteroatoms. The Balaban J connectivity index is 2.41. The predicted molar refractivity (Wildman–Crippen MR) is 50.8 cm³/mol. The van der Waals surface area contributed by atoms with Crippen molar-refractivity contribution in [3.05, 3.63) is 0 Å². The Bertz CT molecular complexity index is 136. The quantitative estimate of drug-likeness (QED) is 0.661. The molecule has 1 saturated carbocycles. The maximum atomic E-state index is 9.54. The van der Waals surface area contributed by atoms with Gasteiger partial charge in [-0.25, -0.2) is 0 Å². The lowest BCUT2D eigenvalue weighted by Gasteiger charge is -2.33. The third kappa shape index (κ3) is 2.46. The molecule has 0 saturated heterocycles. The van der Waals surface area contributed by atoms with Gasteiger partial charge in [0, 0.05) is 6.04 Å². The normalized spacial score (nSPS) is 37.2. The molecule has 12 heavy (non-hydrogen) atoms. The van der Waals surface area contributed by atoms with E-state index in [1.165, 1.54) is 6.42 Å². The van der Waals surface area contributed by atoms with E-state index < -0.39 is 0 Å². The van der Waals surface area contributed by atoms with Crippen molar-refractivity contribution in [2.24, 2.45) is 17.6 Å². The van der Waals surface area contributed by atoms with E-state index in [1.54, 1.807) is 0 Å². The van der Waals surface area contributed by atoms with Gasteiger partial charge in [0.15, 0.2) is 0 Å². The van der Waals surface area contributed by atoms with Gasteiger partial charge in [-0.15, -0.1) is 0 Å². The van der Waals surface area contributed by atoms with Crippen LogP contribution in [0.2, 0.25) is 0 Å². The van der Waals surface area contributed by atoms with E-state index in [4.69, 9.17) is 5.73 Å². The Kier molecular flexibility index (Phi) is 3.53. The van der Waals surface area contributed by atoms with Gasteiger partial charge in [0.25, 0.3) is 0 Å². The summed E-state index contributed by atoms with van der Waals surface area (Å²) in [5.74, 6) is 1.25. The monoisotopic (exact) mass is 171 g/mol. The van der Waals surface area contributed by atoms with Crippen LogP contribution in [0.5, 0.6) is 0 Å². The molecule has 1 aliphatic carbocycles. The van der Waals surface area contributed by atoms with Crippen LogP contribution < -0.4 is 5.73 Å². The van der Waals surface area contributed by atoms with E-state index in [2.05, 4.69) is 13.8 Å². The molecule has 0 aliphatic heterocycles. The lowest BCUT2D eigenvalue weighted by molar-refractivity contribution is 0.0692. The molecular weight excluding hydrogens is 150 g/mol. The van der Waals surface area contributed by atoms with Gasteiger partial charge in [-0.05, 0) is 31.1 Å². The van der Waals surface area contributed by atoms with Crippen LogP contribution in [0.15, 0.2) is 0 Å². The van der Waals surface area contributed by atoms with Crippen LogP contribution in [-0.2, 0) is 0 Å². The largest absolute Gasteiger partial charge is 0.392 e. The predicted octanol–water partition coefficient (Wildman–Crippen LogP) is 1.52. The highest BCUT2D eigenvalue weighted by Gasteiger charge is 2.28. The molecular formula is C10H21NO. The van der Waals surface area contributed by atoms with Gasteiger partial charge < -0.3 is 10.8 Å². The number of aliphatic hydroxyl groups excluding tert-OH is 1. The molecule has 0 aromatic carbocycles. The maximum absolute atomic E-state index is 9.54. The zero-order chi connectivity index (χ0) is 9.14. The molecule has 1 aliphatic rings. The van der Waals surface area contributed by atoms with Crippen molar-refractivity contribution in [2.75, 3.05) is 0 Å². The lowest BCUT2D eigenvalue weighted by Crippen LogP contribution is -2.44. The molecule has 72 valence electrons. The van der Waals surface area contributed by atoms with Crippen LogP contribution in [0.4, 0.5) is 0 Å². The van der Waals surface area contributed by atoms with E-state index >= 15 is 0 Å². The fraction of sp³-hybridized carbons (Fsp3) is 1.00. The number of hydrogen-bond acceptors (Lipinski definition) is 2. The molecule has 1 rings (SSSR count). The minimum absolute atomic E-state index is 0.0288. The fourth-order valence-electron chi connectivity index (χ4n) is 2.17. The van der Waals surface area contributed by atoms with E-state index in [-0.39, 0.29) is 12.1 Å². The smallest absolute Gasteiger partial charge is 0.0693 e. The van der Waals surface area contributed by atoms with E-state index in [0.29, 0.717) is 11.8 Å². The lowest BCUT2D eigenvalue weighted by atomic mass is 9.79. The Morgan fingerprint density at radius 1 is 1.42 bits per heavy atom. The van der Waals surface area contributed by atoms with Gasteiger partial charge in [0.2, 0.25) is 0 Å². The van der Waals surface area contributed by atoms with Gasteiger partial charge >= 0.3 is 0 Å². The number of aliphatic hydroxyl groups is 1. The molecule has 3 N–H and O–H groups in total. The SMILES string of the molecule is CC(C)CC1CCC[C@@H](O)[C@H]1N. The summed E-state index contributed by atoms with van der Waals surface area (Å²) in [6.07, 6.45) is 4.17. The standard InChI is InChI=1S/C10H21NO/c1-7(2)6-8-4-3-5-9(12)10(8)11/h7-10,12H,3-6,11H2,1-2H3/t8?,9-,10+/m1/s1. The molecule has 0 radical (unpaired) electrons. The Morgan fingerprint density at radius 3 is 2.67 bits per heavy atom. The van der Waals surface area contributed by atoms with Crippen molar-refractivity contribution in [3.63, 3.8) is 0 Å². The summed E-state index contributed by atoms with van der Waals surface area (Å²) >= 11 is 0. The average Bonchev–Trinajstić information content (AvgIpc) is 1.98. The van der Waals surface area contributed by atoms with Gasteiger partial charge in [-0.3, -0.25) is 0 Å². The first-order chi connectivity index (χ1) is 5.61. The average molecular weight is 171 g/mol. The van der Waals surface area contributed by atoms with Gasteiger partial charge in [-0.1, -0.05) is 20.3 Å². The van der Waals surface area contributed by atoms with Crippen molar-refractivity contribution in [1.82, 2.24) is 0 Å². The Morgan fingerprint density at radius 2 is 2.08 bits per heavy atom. The summed E-state index contributed by atoms with van der Waals surface area (Å²) in [6, 6.07) is 0.0288. The van der Waals surface area contributed by atoms with Crippen LogP contribution in [0.3, 0.4) is 0 Å². The molecule has 0 aromatic heterocycles. The first kappa shape index (κ1) is 10.0. The van der Waals surface area contributed by atoms with Crippen LogP contribution in [0.1, 0.15) is 39.5 Å². The highest BCUT2D eigenvalue weighted by Crippen LogP contribution is 2.28. The molecule has 0 aromatic rings. The highest BCUT2D eigenvalue weighted by molar-refractivity contribution is 4.85. The summed E-state index contributed by atoms with van der Waals surface area (Å²) < 4.78 is 0. The van der Waals surface area contributed by atoms with Crippen LogP contribution in [0.25, 0.3) is 0 Å². The first-order valence-corrected chi connectivity index (χ1v) is 5.05.